The van der Waals surface area contributed by atoms with Gasteiger partial charge in [-0.1, -0.05) is 30.3 Å². The van der Waals surface area contributed by atoms with E-state index in [0.717, 1.165) is 36.1 Å². The molecule has 0 bridgehead atoms. The van der Waals surface area contributed by atoms with Gasteiger partial charge in [-0.25, -0.2) is 4.39 Å². The van der Waals surface area contributed by atoms with Crippen LogP contribution >= 0.6 is 0 Å². The molecular formula is C19H20FNO. The van der Waals surface area contributed by atoms with Crippen LogP contribution in [-0.4, -0.2) is 6.61 Å². The molecule has 0 saturated carbocycles. The van der Waals surface area contributed by atoms with E-state index in [1.807, 2.05) is 31.2 Å². The van der Waals surface area contributed by atoms with Crippen molar-refractivity contribution in [3.05, 3.63) is 65.5 Å². The van der Waals surface area contributed by atoms with Crippen molar-refractivity contribution < 1.29 is 9.13 Å². The molecule has 3 heteroatoms. The molecule has 0 heterocycles. The van der Waals surface area contributed by atoms with E-state index in [-0.39, 0.29) is 11.7 Å². The molecule has 2 aromatic carbocycles. The van der Waals surface area contributed by atoms with E-state index < -0.39 is 0 Å². The van der Waals surface area contributed by atoms with Crippen molar-refractivity contribution in [1.29, 1.82) is 5.26 Å². The van der Waals surface area contributed by atoms with Gasteiger partial charge >= 0.3 is 0 Å². The quantitative estimate of drug-likeness (QED) is 0.674. The fraction of sp³-hybridized carbons (Fsp3) is 0.316. The van der Waals surface area contributed by atoms with Crippen molar-refractivity contribution in [2.45, 2.75) is 32.1 Å². The monoisotopic (exact) mass is 297 g/mol. The van der Waals surface area contributed by atoms with Gasteiger partial charge in [-0.2, -0.15) is 5.26 Å². The Labute approximate surface area is 131 Å². The molecule has 0 spiro atoms. The number of hydrogen-bond acceptors (Lipinski definition) is 2. The molecule has 0 amide bonds. The third-order valence-corrected chi connectivity index (χ3v) is 3.65. The molecule has 0 saturated heterocycles. The number of ether oxygens (including phenoxy) is 1. The summed E-state index contributed by atoms with van der Waals surface area (Å²) in [7, 11) is 0. The second-order valence-electron chi connectivity index (χ2n) is 5.35. The van der Waals surface area contributed by atoms with Gasteiger partial charge in [-0.15, -0.1) is 0 Å². The molecule has 1 unspecified atom stereocenters. The Hall–Kier alpha value is -2.34. The second-order valence-corrected chi connectivity index (χ2v) is 5.35. The third kappa shape index (κ3) is 4.60. The maximum absolute atomic E-state index is 13.2. The Bertz CT molecular complexity index is 648. The molecule has 114 valence electrons. The average Bonchev–Trinajstić information content (AvgIpc) is 2.52. The standard InChI is InChI=1S/C19H20FNO/c1-15-7-2-3-11-19(15)22-12-5-4-8-17(14-21)16-9-6-10-18(20)13-16/h2-3,6-7,9-11,13,17H,4-5,8,12H2,1H3. The van der Waals surface area contributed by atoms with Crippen molar-refractivity contribution in [3.63, 3.8) is 0 Å². The van der Waals surface area contributed by atoms with Crippen molar-refractivity contribution in [1.82, 2.24) is 0 Å². The van der Waals surface area contributed by atoms with Crippen molar-refractivity contribution in [2.24, 2.45) is 0 Å². The lowest BCUT2D eigenvalue weighted by molar-refractivity contribution is 0.302. The first-order chi connectivity index (χ1) is 10.7. The van der Waals surface area contributed by atoms with E-state index >= 15 is 0 Å². The SMILES string of the molecule is Cc1ccccc1OCCCCC(C#N)c1cccc(F)c1. The zero-order chi connectivity index (χ0) is 15.8. The largest absolute Gasteiger partial charge is 0.493 e. The highest BCUT2D eigenvalue weighted by atomic mass is 19.1. The molecule has 2 rings (SSSR count). The maximum Gasteiger partial charge on any atom is 0.123 e. The van der Waals surface area contributed by atoms with Crippen LogP contribution in [0.1, 0.15) is 36.3 Å². The first-order valence-corrected chi connectivity index (χ1v) is 7.54. The van der Waals surface area contributed by atoms with Crippen LogP contribution < -0.4 is 4.74 Å². The van der Waals surface area contributed by atoms with Crippen molar-refractivity contribution >= 4 is 0 Å². The smallest absolute Gasteiger partial charge is 0.123 e. The van der Waals surface area contributed by atoms with Gasteiger partial charge in [-0.05, 0) is 55.5 Å². The van der Waals surface area contributed by atoms with E-state index in [0.29, 0.717) is 6.61 Å². The van der Waals surface area contributed by atoms with Crippen LogP contribution in [0.15, 0.2) is 48.5 Å². The van der Waals surface area contributed by atoms with E-state index in [9.17, 15) is 9.65 Å². The van der Waals surface area contributed by atoms with E-state index in [2.05, 4.69) is 6.07 Å². The van der Waals surface area contributed by atoms with Crippen LogP contribution in [-0.2, 0) is 0 Å². The van der Waals surface area contributed by atoms with Crippen LogP contribution in [0, 0.1) is 24.1 Å². The minimum atomic E-state index is -0.291. The lowest BCUT2D eigenvalue weighted by Crippen LogP contribution is -2.01. The zero-order valence-corrected chi connectivity index (χ0v) is 12.8. The molecule has 22 heavy (non-hydrogen) atoms. The number of nitriles is 1. The van der Waals surface area contributed by atoms with Gasteiger partial charge in [0.1, 0.15) is 11.6 Å². The normalized spacial score (nSPS) is 11.7. The van der Waals surface area contributed by atoms with Gasteiger partial charge in [0.15, 0.2) is 0 Å². The number of para-hydroxylation sites is 1. The van der Waals surface area contributed by atoms with Crippen LogP contribution in [0.5, 0.6) is 5.75 Å². The molecule has 0 fully saturated rings. The summed E-state index contributed by atoms with van der Waals surface area (Å²) in [5, 5.41) is 9.24. The van der Waals surface area contributed by atoms with E-state index in [4.69, 9.17) is 4.74 Å². The minimum absolute atomic E-state index is 0.255. The molecule has 1 atom stereocenters. The molecule has 0 radical (unpaired) electrons. The van der Waals surface area contributed by atoms with Gasteiger partial charge in [-0.3, -0.25) is 0 Å². The lowest BCUT2D eigenvalue weighted by atomic mass is 9.95. The average molecular weight is 297 g/mol. The topological polar surface area (TPSA) is 33.0 Å². The summed E-state index contributed by atoms with van der Waals surface area (Å²) in [6.45, 7) is 2.65. The molecule has 0 aromatic heterocycles. The number of nitrogens with zero attached hydrogens (tertiary/aromatic N) is 1. The van der Waals surface area contributed by atoms with Crippen LogP contribution in [0.2, 0.25) is 0 Å². The zero-order valence-electron chi connectivity index (χ0n) is 12.8. The Morgan fingerprint density at radius 2 is 1.95 bits per heavy atom. The van der Waals surface area contributed by atoms with Gasteiger partial charge in [0.25, 0.3) is 0 Å². The van der Waals surface area contributed by atoms with Gasteiger partial charge in [0.2, 0.25) is 0 Å². The van der Waals surface area contributed by atoms with Crippen LogP contribution in [0.3, 0.4) is 0 Å². The summed E-state index contributed by atoms with van der Waals surface area (Å²) < 4.78 is 18.9. The van der Waals surface area contributed by atoms with Gasteiger partial charge < -0.3 is 4.74 Å². The molecule has 0 N–H and O–H groups in total. The predicted octanol–water partition coefficient (Wildman–Crippen LogP) is 4.99. The van der Waals surface area contributed by atoms with Gasteiger partial charge in [0, 0.05) is 0 Å². The number of benzene rings is 2. The fourth-order valence-corrected chi connectivity index (χ4v) is 2.38. The summed E-state index contributed by atoms with van der Waals surface area (Å²) in [5.41, 5.74) is 1.87. The maximum atomic E-state index is 13.2. The summed E-state index contributed by atoms with van der Waals surface area (Å²) in [6.07, 6.45) is 2.47. The third-order valence-electron chi connectivity index (χ3n) is 3.65. The summed E-state index contributed by atoms with van der Waals surface area (Å²) in [4.78, 5) is 0. The van der Waals surface area contributed by atoms with Gasteiger partial charge in [0.05, 0.1) is 18.6 Å². The second kappa shape index (κ2) is 8.19. The predicted molar refractivity (Wildman–Crippen MR) is 85.3 cm³/mol. The Morgan fingerprint density at radius 1 is 1.14 bits per heavy atom. The highest BCUT2D eigenvalue weighted by molar-refractivity contribution is 5.31. The number of halogens is 1. The summed E-state index contributed by atoms with van der Waals surface area (Å²) in [5.74, 6) is 0.360. The van der Waals surface area contributed by atoms with E-state index in [1.165, 1.54) is 12.1 Å². The molecule has 2 aromatic rings. The number of unbranched alkanes of at least 4 members (excludes halogenated alkanes) is 1. The Morgan fingerprint density at radius 3 is 2.68 bits per heavy atom. The fourth-order valence-electron chi connectivity index (χ4n) is 2.38. The van der Waals surface area contributed by atoms with E-state index in [1.54, 1.807) is 12.1 Å². The lowest BCUT2D eigenvalue weighted by Gasteiger charge is -2.11. The van der Waals surface area contributed by atoms with Crippen molar-refractivity contribution in [3.8, 4) is 11.8 Å². The Balaban J connectivity index is 1.76. The summed E-state index contributed by atoms with van der Waals surface area (Å²) >= 11 is 0. The number of hydrogen-bond donors (Lipinski definition) is 0. The molecule has 0 aliphatic rings. The van der Waals surface area contributed by atoms with Crippen LogP contribution in [0.4, 0.5) is 4.39 Å². The first-order valence-electron chi connectivity index (χ1n) is 7.54. The number of rotatable bonds is 7. The molecule has 2 nitrogen and oxygen atoms in total. The summed E-state index contributed by atoms with van der Waals surface area (Å²) in [6, 6.07) is 16.5. The molecule has 0 aliphatic carbocycles. The highest BCUT2D eigenvalue weighted by Crippen LogP contribution is 2.22. The number of aryl methyl sites for hydroxylation is 1. The molecule has 0 aliphatic heterocycles. The van der Waals surface area contributed by atoms with Crippen molar-refractivity contribution in [2.75, 3.05) is 6.61 Å². The highest BCUT2D eigenvalue weighted by Gasteiger charge is 2.10. The first kappa shape index (κ1) is 16.0. The van der Waals surface area contributed by atoms with Crippen LogP contribution in [0.25, 0.3) is 0 Å². The Kier molecular flexibility index (Phi) is 5.97. The minimum Gasteiger partial charge on any atom is -0.493 e. The molecular weight excluding hydrogens is 277 g/mol.